The third kappa shape index (κ3) is 3.41. The standard InChI is InChI=1S/C19H18N4O3/c1-25-12-7-8-18(26-2)14(9-12)17-10-16(23-19(20)21-11-24)13-5-3-4-6-15(13)22-17/h3-11H,1-2H3,(H3,20,21,22,23,24). The Bertz CT molecular complexity index is 972. The molecule has 0 aliphatic heterocycles. The molecule has 3 N–H and O–H groups in total. The van der Waals surface area contributed by atoms with Crippen molar-refractivity contribution in [2.24, 2.45) is 0 Å². The maximum Gasteiger partial charge on any atom is 0.213 e. The van der Waals surface area contributed by atoms with Gasteiger partial charge < -0.3 is 14.8 Å². The molecule has 0 saturated heterocycles. The number of ether oxygens (including phenoxy) is 2. The Morgan fingerprint density at radius 3 is 2.65 bits per heavy atom. The summed E-state index contributed by atoms with van der Waals surface area (Å²) in [5.74, 6) is 1.21. The van der Waals surface area contributed by atoms with Crippen molar-refractivity contribution in [3.8, 4) is 22.8 Å². The van der Waals surface area contributed by atoms with Crippen LogP contribution in [0.2, 0.25) is 0 Å². The van der Waals surface area contributed by atoms with E-state index in [1.165, 1.54) is 0 Å². The number of methoxy groups -OCH3 is 2. The minimum absolute atomic E-state index is 0.125. The molecule has 1 aromatic heterocycles. The quantitative estimate of drug-likeness (QED) is 0.373. The van der Waals surface area contributed by atoms with Crippen molar-refractivity contribution in [2.75, 3.05) is 19.5 Å². The summed E-state index contributed by atoms with van der Waals surface area (Å²) in [6, 6.07) is 14.8. The molecule has 0 atom stereocenters. The summed E-state index contributed by atoms with van der Waals surface area (Å²) in [4.78, 5) is 15.3. The number of carbonyl (C=O) groups is 1. The smallest absolute Gasteiger partial charge is 0.213 e. The van der Waals surface area contributed by atoms with Crippen molar-refractivity contribution in [3.63, 3.8) is 0 Å². The fourth-order valence-electron chi connectivity index (χ4n) is 2.66. The zero-order chi connectivity index (χ0) is 18.5. The van der Waals surface area contributed by atoms with Crippen molar-refractivity contribution < 1.29 is 14.3 Å². The van der Waals surface area contributed by atoms with Crippen LogP contribution < -0.4 is 20.1 Å². The Morgan fingerprint density at radius 2 is 1.92 bits per heavy atom. The number of amides is 1. The van der Waals surface area contributed by atoms with Crippen LogP contribution in [0.25, 0.3) is 22.2 Å². The van der Waals surface area contributed by atoms with Gasteiger partial charge in [-0.3, -0.25) is 15.5 Å². The molecule has 0 bridgehead atoms. The van der Waals surface area contributed by atoms with Crippen molar-refractivity contribution in [2.45, 2.75) is 0 Å². The van der Waals surface area contributed by atoms with Gasteiger partial charge in [0, 0.05) is 10.9 Å². The lowest BCUT2D eigenvalue weighted by atomic mass is 10.1. The first-order valence-corrected chi connectivity index (χ1v) is 7.84. The molecule has 0 radical (unpaired) electrons. The highest BCUT2D eigenvalue weighted by atomic mass is 16.5. The van der Waals surface area contributed by atoms with Crippen molar-refractivity contribution in [3.05, 3.63) is 48.5 Å². The molecule has 0 saturated carbocycles. The number of nitrogens with zero attached hydrogens (tertiary/aromatic N) is 1. The first kappa shape index (κ1) is 17.2. The van der Waals surface area contributed by atoms with E-state index in [1.54, 1.807) is 20.3 Å². The van der Waals surface area contributed by atoms with Crippen LogP contribution in [0.3, 0.4) is 0 Å². The van der Waals surface area contributed by atoms with E-state index >= 15 is 0 Å². The van der Waals surface area contributed by atoms with Crippen LogP contribution in [-0.4, -0.2) is 31.6 Å². The number of benzene rings is 2. The molecule has 132 valence electrons. The highest BCUT2D eigenvalue weighted by Gasteiger charge is 2.13. The average Bonchev–Trinajstić information content (AvgIpc) is 2.67. The molecular formula is C19H18N4O3. The van der Waals surface area contributed by atoms with Gasteiger partial charge in [-0.1, -0.05) is 18.2 Å². The molecule has 1 heterocycles. The van der Waals surface area contributed by atoms with Gasteiger partial charge in [-0.2, -0.15) is 0 Å². The van der Waals surface area contributed by atoms with Gasteiger partial charge in [0.2, 0.25) is 6.41 Å². The summed E-state index contributed by atoms with van der Waals surface area (Å²) in [7, 11) is 3.19. The van der Waals surface area contributed by atoms with Gasteiger partial charge in [-0.15, -0.1) is 0 Å². The van der Waals surface area contributed by atoms with Gasteiger partial charge >= 0.3 is 0 Å². The number of nitrogens with one attached hydrogen (secondary N) is 3. The van der Waals surface area contributed by atoms with E-state index < -0.39 is 0 Å². The maximum absolute atomic E-state index is 10.6. The highest BCUT2D eigenvalue weighted by Crippen LogP contribution is 2.35. The first-order chi connectivity index (χ1) is 12.7. The molecule has 0 spiro atoms. The molecule has 7 nitrogen and oxygen atoms in total. The summed E-state index contributed by atoms with van der Waals surface area (Å²) in [5.41, 5.74) is 2.81. The van der Waals surface area contributed by atoms with Crippen LogP contribution >= 0.6 is 0 Å². The van der Waals surface area contributed by atoms with E-state index in [4.69, 9.17) is 19.9 Å². The number of pyridine rings is 1. The van der Waals surface area contributed by atoms with Crippen molar-refractivity contribution in [1.82, 2.24) is 10.3 Å². The monoisotopic (exact) mass is 350 g/mol. The first-order valence-electron chi connectivity index (χ1n) is 7.84. The Hall–Kier alpha value is -3.61. The predicted molar refractivity (Wildman–Crippen MR) is 101 cm³/mol. The Labute approximate surface area is 150 Å². The Balaban J connectivity index is 2.18. The molecule has 0 aliphatic carbocycles. The van der Waals surface area contributed by atoms with Crippen LogP contribution in [0.15, 0.2) is 48.5 Å². The van der Waals surface area contributed by atoms with Crippen LogP contribution in [0, 0.1) is 5.41 Å². The molecule has 26 heavy (non-hydrogen) atoms. The third-order valence-corrected chi connectivity index (χ3v) is 3.86. The molecule has 1 amide bonds. The van der Waals surface area contributed by atoms with Crippen molar-refractivity contribution >= 4 is 29.0 Å². The number of carbonyl (C=O) groups excluding carboxylic acids is 1. The number of para-hydroxylation sites is 1. The molecule has 0 aliphatic rings. The Morgan fingerprint density at radius 1 is 1.12 bits per heavy atom. The van der Waals surface area contributed by atoms with Gasteiger partial charge in [0.25, 0.3) is 0 Å². The van der Waals surface area contributed by atoms with Crippen LogP contribution in [-0.2, 0) is 4.79 Å². The topological polar surface area (TPSA) is 96.3 Å². The SMILES string of the molecule is COc1ccc(OC)c(-c2cc(NC(=N)NC=O)c3ccccc3n2)c1. The van der Waals surface area contributed by atoms with Gasteiger partial charge in [-0.05, 0) is 30.3 Å². The maximum atomic E-state index is 10.6. The summed E-state index contributed by atoms with van der Waals surface area (Å²) in [6.07, 6.45) is 0.449. The van der Waals surface area contributed by atoms with E-state index in [1.807, 2.05) is 42.5 Å². The zero-order valence-electron chi connectivity index (χ0n) is 14.4. The fourth-order valence-corrected chi connectivity index (χ4v) is 2.66. The highest BCUT2D eigenvalue weighted by molar-refractivity contribution is 6.04. The van der Waals surface area contributed by atoms with Crippen LogP contribution in [0.1, 0.15) is 0 Å². The van der Waals surface area contributed by atoms with Crippen LogP contribution in [0.4, 0.5) is 5.69 Å². The minimum atomic E-state index is -0.125. The summed E-state index contributed by atoms with van der Waals surface area (Å²) in [6.45, 7) is 0. The van der Waals surface area contributed by atoms with E-state index in [0.717, 1.165) is 16.5 Å². The van der Waals surface area contributed by atoms with Gasteiger partial charge in [-0.25, -0.2) is 4.98 Å². The Kier molecular flexibility index (Phi) is 4.98. The molecular weight excluding hydrogens is 332 g/mol. The zero-order valence-corrected chi connectivity index (χ0v) is 14.4. The largest absolute Gasteiger partial charge is 0.497 e. The lowest BCUT2D eigenvalue weighted by Gasteiger charge is -2.14. The molecule has 0 fully saturated rings. The van der Waals surface area contributed by atoms with E-state index in [0.29, 0.717) is 29.3 Å². The average molecular weight is 350 g/mol. The normalized spacial score (nSPS) is 10.2. The number of hydrogen-bond acceptors (Lipinski definition) is 5. The number of anilines is 1. The number of fused-ring (bicyclic) bond motifs is 1. The second kappa shape index (κ2) is 7.52. The van der Waals surface area contributed by atoms with Gasteiger partial charge in [0.05, 0.1) is 31.1 Å². The van der Waals surface area contributed by atoms with E-state index in [-0.39, 0.29) is 5.96 Å². The molecule has 3 rings (SSSR count). The van der Waals surface area contributed by atoms with E-state index in [9.17, 15) is 4.79 Å². The summed E-state index contributed by atoms with van der Waals surface area (Å²) < 4.78 is 10.8. The number of rotatable bonds is 5. The second-order valence-corrected chi connectivity index (χ2v) is 5.40. The molecule has 0 unspecified atom stereocenters. The molecule has 3 aromatic rings. The number of hydrogen-bond donors (Lipinski definition) is 3. The fraction of sp³-hybridized carbons (Fsp3) is 0.105. The summed E-state index contributed by atoms with van der Waals surface area (Å²) >= 11 is 0. The second-order valence-electron chi connectivity index (χ2n) is 5.40. The number of guanidine groups is 1. The predicted octanol–water partition coefficient (Wildman–Crippen LogP) is 3.01. The van der Waals surface area contributed by atoms with Gasteiger partial charge in [0.15, 0.2) is 5.96 Å². The lowest BCUT2D eigenvalue weighted by molar-refractivity contribution is -0.108. The van der Waals surface area contributed by atoms with Gasteiger partial charge in [0.1, 0.15) is 11.5 Å². The molecule has 7 heteroatoms. The number of aromatic nitrogens is 1. The molecule has 2 aromatic carbocycles. The summed E-state index contributed by atoms with van der Waals surface area (Å²) in [5, 5.41) is 13.8. The van der Waals surface area contributed by atoms with Crippen molar-refractivity contribution in [1.29, 1.82) is 5.41 Å². The van der Waals surface area contributed by atoms with Crippen LogP contribution in [0.5, 0.6) is 11.5 Å². The van der Waals surface area contributed by atoms with E-state index in [2.05, 4.69) is 10.6 Å². The lowest BCUT2D eigenvalue weighted by Crippen LogP contribution is -2.28. The minimum Gasteiger partial charge on any atom is -0.497 e. The third-order valence-electron chi connectivity index (χ3n) is 3.86.